The highest BCUT2D eigenvalue weighted by atomic mass is 16.1. The van der Waals surface area contributed by atoms with Crippen molar-refractivity contribution in [3.63, 3.8) is 0 Å². The van der Waals surface area contributed by atoms with E-state index in [2.05, 4.69) is 28.7 Å². The molecule has 2 N–H and O–H groups in total. The molecule has 0 fully saturated rings. The number of carbonyl (C=O) groups excluding carboxylic acids is 1. The van der Waals surface area contributed by atoms with Gasteiger partial charge in [-0.15, -0.1) is 0 Å². The van der Waals surface area contributed by atoms with Crippen LogP contribution in [0.25, 0.3) is 0 Å². The van der Waals surface area contributed by atoms with Gasteiger partial charge in [-0.1, -0.05) is 36.9 Å². The Morgan fingerprint density at radius 1 is 1.27 bits per heavy atom. The van der Waals surface area contributed by atoms with Crippen LogP contribution in [0.1, 0.15) is 12.0 Å². The molecule has 5 nitrogen and oxygen atoms in total. The molecule has 0 spiro atoms. The van der Waals surface area contributed by atoms with Crippen LogP contribution in [0.3, 0.4) is 0 Å². The van der Waals surface area contributed by atoms with Gasteiger partial charge in [0, 0.05) is 37.2 Å². The van der Waals surface area contributed by atoms with Crippen molar-refractivity contribution in [2.75, 3.05) is 11.4 Å². The summed E-state index contributed by atoms with van der Waals surface area (Å²) >= 11 is 0. The Balaban J connectivity index is 1.77. The zero-order chi connectivity index (χ0) is 15.5. The Hall–Kier alpha value is -2.56. The van der Waals surface area contributed by atoms with Crippen molar-refractivity contribution in [3.8, 4) is 0 Å². The van der Waals surface area contributed by atoms with E-state index in [1.165, 1.54) is 5.56 Å². The lowest BCUT2D eigenvalue weighted by molar-refractivity contribution is -0.114. The second-order valence-corrected chi connectivity index (χ2v) is 5.78. The van der Waals surface area contributed by atoms with Gasteiger partial charge in [0.15, 0.2) is 0 Å². The van der Waals surface area contributed by atoms with Crippen LogP contribution in [0.4, 0.5) is 5.82 Å². The molecule has 22 heavy (non-hydrogen) atoms. The van der Waals surface area contributed by atoms with E-state index in [0.29, 0.717) is 12.0 Å². The average molecular weight is 296 g/mol. The molecule has 114 valence electrons. The number of nitrogens with zero attached hydrogens (tertiary/aromatic N) is 3. The summed E-state index contributed by atoms with van der Waals surface area (Å²) in [7, 11) is 0. The maximum Gasteiger partial charge on any atom is 0.244 e. The van der Waals surface area contributed by atoms with Crippen LogP contribution in [-0.2, 0) is 17.9 Å². The molecule has 5 heteroatoms. The van der Waals surface area contributed by atoms with Gasteiger partial charge in [-0.25, -0.2) is 4.68 Å². The summed E-state index contributed by atoms with van der Waals surface area (Å²) in [5.74, 6) is 0.988. The maximum absolute atomic E-state index is 11.2. The van der Waals surface area contributed by atoms with Gasteiger partial charge in [0.05, 0.1) is 6.20 Å². The number of nitrogens with two attached hydrogens (primary N) is 1. The number of fused-ring (bicyclic) bond motifs is 1. The van der Waals surface area contributed by atoms with E-state index >= 15 is 0 Å². The Morgan fingerprint density at radius 3 is 2.77 bits per heavy atom. The molecule has 0 radical (unpaired) electrons. The van der Waals surface area contributed by atoms with E-state index in [1.54, 1.807) is 0 Å². The highest BCUT2D eigenvalue weighted by Gasteiger charge is 2.26. The summed E-state index contributed by atoms with van der Waals surface area (Å²) in [6, 6.07) is 12.4. The number of primary amides is 1. The van der Waals surface area contributed by atoms with E-state index in [9.17, 15) is 4.79 Å². The summed E-state index contributed by atoms with van der Waals surface area (Å²) in [5, 5.41) is 4.38. The van der Waals surface area contributed by atoms with Gasteiger partial charge in [-0.2, -0.15) is 5.10 Å². The molecule has 2 heterocycles. The number of anilines is 1. The zero-order valence-electron chi connectivity index (χ0n) is 12.5. The van der Waals surface area contributed by atoms with Crippen LogP contribution >= 0.6 is 0 Å². The second-order valence-electron chi connectivity index (χ2n) is 5.78. The lowest BCUT2D eigenvalue weighted by Crippen LogP contribution is -2.38. The van der Waals surface area contributed by atoms with Gasteiger partial charge in [-0.05, 0) is 12.0 Å². The van der Waals surface area contributed by atoms with Gasteiger partial charge in [-0.3, -0.25) is 4.79 Å². The number of amides is 1. The molecule has 1 aromatic heterocycles. The van der Waals surface area contributed by atoms with Gasteiger partial charge in [0.2, 0.25) is 5.91 Å². The van der Waals surface area contributed by atoms with Gasteiger partial charge < -0.3 is 10.6 Å². The molecule has 0 saturated heterocycles. The van der Waals surface area contributed by atoms with Crippen LogP contribution in [0.2, 0.25) is 0 Å². The summed E-state index contributed by atoms with van der Waals surface area (Å²) in [5.41, 5.74) is 7.05. The largest absolute Gasteiger partial charge is 0.366 e. The van der Waals surface area contributed by atoms with Crippen molar-refractivity contribution in [1.29, 1.82) is 0 Å². The van der Waals surface area contributed by atoms with E-state index in [4.69, 9.17) is 5.73 Å². The van der Waals surface area contributed by atoms with Crippen molar-refractivity contribution in [1.82, 2.24) is 9.78 Å². The molecule has 2 aromatic rings. The zero-order valence-corrected chi connectivity index (χ0v) is 12.5. The summed E-state index contributed by atoms with van der Waals surface area (Å²) in [6.07, 6.45) is 2.43. The smallest absolute Gasteiger partial charge is 0.244 e. The number of benzene rings is 1. The number of aromatic nitrogens is 2. The minimum Gasteiger partial charge on any atom is -0.366 e. The highest BCUT2D eigenvalue weighted by Crippen LogP contribution is 2.27. The summed E-state index contributed by atoms with van der Waals surface area (Å²) in [4.78, 5) is 13.5. The first kappa shape index (κ1) is 14.4. The lowest BCUT2D eigenvalue weighted by Gasteiger charge is -2.35. The second kappa shape index (κ2) is 6.05. The van der Waals surface area contributed by atoms with E-state index < -0.39 is 5.91 Å². The molecule has 0 bridgehead atoms. The monoisotopic (exact) mass is 296 g/mol. The van der Waals surface area contributed by atoms with Crippen molar-refractivity contribution < 1.29 is 4.79 Å². The maximum atomic E-state index is 11.2. The lowest BCUT2D eigenvalue weighted by atomic mass is 9.97. The van der Waals surface area contributed by atoms with Crippen molar-refractivity contribution in [2.45, 2.75) is 19.5 Å². The molecular weight excluding hydrogens is 276 g/mol. The van der Waals surface area contributed by atoms with Gasteiger partial charge in [0.1, 0.15) is 5.82 Å². The van der Waals surface area contributed by atoms with Crippen LogP contribution in [0.15, 0.2) is 54.7 Å². The molecule has 0 saturated carbocycles. The molecule has 0 aliphatic carbocycles. The Kier molecular flexibility index (Phi) is 3.96. The molecule has 3 rings (SSSR count). The van der Waals surface area contributed by atoms with E-state index in [1.807, 2.05) is 35.1 Å². The minimum absolute atomic E-state index is 0.288. The van der Waals surface area contributed by atoms with Crippen molar-refractivity contribution in [3.05, 3.63) is 60.3 Å². The van der Waals surface area contributed by atoms with Crippen LogP contribution in [-0.4, -0.2) is 22.2 Å². The van der Waals surface area contributed by atoms with E-state index in [0.717, 1.165) is 25.5 Å². The average Bonchev–Trinajstić information content (AvgIpc) is 2.97. The Labute approximate surface area is 130 Å². The predicted octanol–water partition coefficient (Wildman–Crippen LogP) is 1.95. The molecule has 0 unspecified atom stereocenters. The molecule has 1 aliphatic heterocycles. The SMILES string of the molecule is C=C(C[C@@H]1CN(Cc2ccccc2)c2ccnn2C1)C(N)=O. The fraction of sp³-hybridized carbons (Fsp3) is 0.294. The van der Waals surface area contributed by atoms with Crippen molar-refractivity contribution >= 4 is 11.7 Å². The predicted molar refractivity (Wildman–Crippen MR) is 86.2 cm³/mol. The normalized spacial score (nSPS) is 17.1. The number of rotatable bonds is 5. The first-order valence-corrected chi connectivity index (χ1v) is 7.41. The summed E-state index contributed by atoms with van der Waals surface area (Å²) < 4.78 is 1.99. The standard InChI is InChI=1S/C17H20N4O/c1-13(17(18)22)9-15-11-20(10-14-5-3-2-4-6-14)16-7-8-19-21(16)12-15/h2-8,15H,1,9-12H2,(H2,18,22)/t15-/m1/s1. The van der Waals surface area contributed by atoms with Gasteiger partial charge in [0.25, 0.3) is 0 Å². The first-order chi connectivity index (χ1) is 10.6. The van der Waals surface area contributed by atoms with E-state index in [-0.39, 0.29) is 5.92 Å². The number of hydrogen-bond acceptors (Lipinski definition) is 3. The van der Waals surface area contributed by atoms with Crippen LogP contribution in [0, 0.1) is 5.92 Å². The quantitative estimate of drug-likeness (QED) is 0.858. The van der Waals surface area contributed by atoms with Crippen LogP contribution in [0.5, 0.6) is 0 Å². The fourth-order valence-electron chi connectivity index (χ4n) is 2.97. The molecule has 1 aromatic carbocycles. The van der Waals surface area contributed by atoms with Gasteiger partial charge >= 0.3 is 0 Å². The van der Waals surface area contributed by atoms with Crippen molar-refractivity contribution in [2.24, 2.45) is 11.7 Å². The third-order valence-corrected chi connectivity index (χ3v) is 4.03. The number of carbonyl (C=O) groups is 1. The topological polar surface area (TPSA) is 64.2 Å². The third kappa shape index (κ3) is 3.03. The highest BCUT2D eigenvalue weighted by molar-refractivity contribution is 5.91. The molecule has 1 amide bonds. The van der Waals surface area contributed by atoms with Crippen LogP contribution < -0.4 is 10.6 Å². The first-order valence-electron chi connectivity index (χ1n) is 7.41. The molecular formula is C17H20N4O. The Bertz CT molecular complexity index is 677. The minimum atomic E-state index is -0.416. The third-order valence-electron chi connectivity index (χ3n) is 4.03. The Morgan fingerprint density at radius 2 is 2.05 bits per heavy atom. The fourth-order valence-corrected chi connectivity index (χ4v) is 2.97. The number of hydrogen-bond donors (Lipinski definition) is 1. The molecule has 1 atom stereocenters. The molecule has 1 aliphatic rings. The summed E-state index contributed by atoms with van der Waals surface area (Å²) in [6.45, 7) is 6.26.